The van der Waals surface area contributed by atoms with Crippen LogP contribution in [0.1, 0.15) is 6.92 Å². The fraction of sp³-hybridized carbons (Fsp3) is 1.00. The highest BCUT2D eigenvalue weighted by molar-refractivity contribution is 6.70. The molecule has 0 N–H and O–H groups in total. The van der Waals surface area contributed by atoms with Crippen LogP contribution in [0.3, 0.4) is 0 Å². The Morgan fingerprint density at radius 1 is 1.80 bits per heavy atom. The molecule has 1 rings (SSSR count). The number of rotatable bonds is 0. The smallest absolute Gasteiger partial charge is 0.0859 e. The molecule has 0 aliphatic carbocycles. The second-order valence-electron chi connectivity index (χ2n) is 2.19. The molecule has 5 heavy (non-hydrogen) atoms. The maximum Gasteiger partial charge on any atom is 0.138 e. The Bertz CT molecular complexity index is 36.9. The minimum atomic E-state index is 1.05. The molecule has 0 amide bonds. The first kappa shape index (κ1) is 3.26. The van der Waals surface area contributed by atoms with Crippen LogP contribution in [0.5, 0.6) is 0 Å². The van der Waals surface area contributed by atoms with Gasteiger partial charge in [-0.2, -0.15) is 0 Å². The van der Waals surface area contributed by atoms with E-state index in [9.17, 15) is 0 Å². The number of hydrogen-bond donors (Lipinski definition) is 0. The van der Waals surface area contributed by atoms with Gasteiger partial charge in [-0.25, -0.2) is 0 Å². The average Bonchev–Trinajstić information content (AvgIpc) is 1.79. The van der Waals surface area contributed by atoms with Gasteiger partial charge in [0.25, 0.3) is 0 Å². The van der Waals surface area contributed by atoms with Gasteiger partial charge in [0.05, 0.1) is 0 Å². The standard InChI is InChI=1S/C4H9B/c1-4-3-5(4)2/h4H,3H2,1-2H3/t4-/m0/s1. The van der Waals surface area contributed by atoms with Crippen LogP contribution < -0.4 is 0 Å². The largest absolute Gasteiger partial charge is 0.138 e. The third-order valence-corrected chi connectivity index (χ3v) is 1.51. The molecule has 1 aliphatic rings. The van der Waals surface area contributed by atoms with Crippen molar-refractivity contribution >= 4 is 6.71 Å². The first-order valence-corrected chi connectivity index (χ1v) is 2.30. The third-order valence-electron chi connectivity index (χ3n) is 1.51. The molecule has 28 valence electrons. The molecule has 1 atom stereocenters. The predicted octanol–water partition coefficient (Wildman–Crippen LogP) is 1.51. The average molecular weight is 67.9 g/mol. The van der Waals surface area contributed by atoms with Gasteiger partial charge in [0.15, 0.2) is 0 Å². The molecule has 0 aromatic carbocycles. The Kier molecular flexibility index (Phi) is 0.499. The maximum atomic E-state index is 2.30. The van der Waals surface area contributed by atoms with Crippen LogP contribution in [0.15, 0.2) is 0 Å². The Balaban J connectivity index is 2.20. The van der Waals surface area contributed by atoms with Crippen molar-refractivity contribution < 1.29 is 0 Å². The molecule has 0 bridgehead atoms. The van der Waals surface area contributed by atoms with Gasteiger partial charge in [-0.15, -0.1) is 0 Å². The molecular formula is C4H9B. The molecule has 0 nitrogen and oxygen atoms in total. The van der Waals surface area contributed by atoms with Crippen molar-refractivity contribution in [1.82, 2.24) is 0 Å². The van der Waals surface area contributed by atoms with Crippen LogP contribution in [0.25, 0.3) is 0 Å². The summed E-state index contributed by atoms with van der Waals surface area (Å²) >= 11 is 0. The maximum absolute atomic E-state index is 2.30. The summed E-state index contributed by atoms with van der Waals surface area (Å²) in [7, 11) is 0. The highest BCUT2D eigenvalue weighted by atomic mass is 14.0. The Labute approximate surface area is 33.7 Å². The Hall–Kier alpha value is 0.0649. The van der Waals surface area contributed by atoms with E-state index in [1.807, 2.05) is 0 Å². The second kappa shape index (κ2) is 0.765. The zero-order valence-corrected chi connectivity index (χ0v) is 3.86. The SMILES string of the molecule is CB1C[C@@H]1C. The zero-order chi connectivity index (χ0) is 3.86. The normalized spacial score (nSPS) is 34.8. The molecule has 0 aromatic rings. The minimum Gasteiger partial charge on any atom is -0.0859 e. The van der Waals surface area contributed by atoms with Gasteiger partial charge in [-0.1, -0.05) is 25.9 Å². The van der Waals surface area contributed by atoms with Crippen LogP contribution in [-0.2, 0) is 0 Å². The van der Waals surface area contributed by atoms with E-state index >= 15 is 0 Å². The molecule has 0 saturated carbocycles. The van der Waals surface area contributed by atoms with Gasteiger partial charge >= 0.3 is 0 Å². The molecule has 0 radical (unpaired) electrons. The quantitative estimate of drug-likeness (QED) is 0.377. The lowest BCUT2D eigenvalue weighted by Crippen LogP contribution is -1.70. The van der Waals surface area contributed by atoms with E-state index in [2.05, 4.69) is 13.7 Å². The highest BCUT2D eigenvalue weighted by Crippen LogP contribution is 2.35. The highest BCUT2D eigenvalue weighted by Gasteiger charge is 2.30. The summed E-state index contributed by atoms with van der Waals surface area (Å²) in [4.78, 5) is 0. The molecule has 1 aliphatic heterocycles. The summed E-state index contributed by atoms with van der Waals surface area (Å²) in [6.07, 6.45) is 1.47. The van der Waals surface area contributed by atoms with Gasteiger partial charge < -0.3 is 0 Å². The van der Waals surface area contributed by atoms with Gasteiger partial charge in [-0.05, 0) is 0 Å². The van der Waals surface area contributed by atoms with Crippen LogP contribution in [0, 0.1) is 0 Å². The summed E-state index contributed by atoms with van der Waals surface area (Å²) < 4.78 is 0. The van der Waals surface area contributed by atoms with E-state index in [4.69, 9.17) is 0 Å². The third kappa shape index (κ3) is 0.471. The lowest BCUT2D eigenvalue weighted by Gasteiger charge is -1.63. The van der Waals surface area contributed by atoms with Crippen molar-refractivity contribution in [3.8, 4) is 0 Å². The van der Waals surface area contributed by atoms with Crippen LogP contribution in [-0.4, -0.2) is 6.71 Å². The summed E-state index contributed by atoms with van der Waals surface area (Å²) in [6, 6.07) is 0. The fourth-order valence-corrected chi connectivity index (χ4v) is 0.508. The summed E-state index contributed by atoms with van der Waals surface area (Å²) in [5, 5.41) is 0. The molecule has 1 heterocycles. The minimum absolute atomic E-state index is 1.05. The first-order chi connectivity index (χ1) is 2.30. The molecular weight excluding hydrogens is 58.9 g/mol. The van der Waals surface area contributed by atoms with Gasteiger partial charge in [0, 0.05) is 0 Å². The summed E-state index contributed by atoms with van der Waals surface area (Å²) in [5.41, 5.74) is 0. The second-order valence-corrected chi connectivity index (χ2v) is 2.19. The molecule has 1 saturated heterocycles. The Morgan fingerprint density at radius 2 is 2.00 bits per heavy atom. The summed E-state index contributed by atoms with van der Waals surface area (Å²) in [6.45, 7) is 5.64. The van der Waals surface area contributed by atoms with Gasteiger partial charge in [0.1, 0.15) is 6.71 Å². The fourth-order valence-electron chi connectivity index (χ4n) is 0.508. The predicted molar refractivity (Wildman–Crippen MR) is 25.8 cm³/mol. The lowest BCUT2D eigenvalue weighted by atomic mass is 9.72. The molecule has 0 unspecified atom stereocenters. The van der Waals surface area contributed by atoms with Crippen molar-refractivity contribution in [3.05, 3.63) is 0 Å². The Morgan fingerprint density at radius 3 is 2.00 bits per heavy atom. The molecule has 0 aromatic heterocycles. The lowest BCUT2D eigenvalue weighted by molar-refractivity contribution is 1.21. The van der Waals surface area contributed by atoms with Gasteiger partial charge in [0.2, 0.25) is 0 Å². The van der Waals surface area contributed by atoms with Crippen LogP contribution in [0.4, 0.5) is 0 Å². The van der Waals surface area contributed by atoms with E-state index in [-0.39, 0.29) is 0 Å². The monoisotopic (exact) mass is 68.1 g/mol. The molecule has 0 spiro atoms. The van der Waals surface area contributed by atoms with Crippen molar-refractivity contribution in [3.63, 3.8) is 0 Å². The zero-order valence-electron chi connectivity index (χ0n) is 3.86. The van der Waals surface area contributed by atoms with E-state index in [1.54, 1.807) is 0 Å². The van der Waals surface area contributed by atoms with Crippen LogP contribution in [0.2, 0.25) is 19.0 Å². The van der Waals surface area contributed by atoms with E-state index in [0.29, 0.717) is 0 Å². The summed E-state index contributed by atoms with van der Waals surface area (Å²) in [5.74, 6) is 1.05. The van der Waals surface area contributed by atoms with Crippen LogP contribution >= 0.6 is 0 Å². The van der Waals surface area contributed by atoms with Crippen molar-refractivity contribution in [2.24, 2.45) is 0 Å². The van der Waals surface area contributed by atoms with E-state index in [1.165, 1.54) is 6.32 Å². The number of hydrogen-bond acceptors (Lipinski definition) is 0. The van der Waals surface area contributed by atoms with E-state index < -0.39 is 0 Å². The van der Waals surface area contributed by atoms with E-state index in [0.717, 1.165) is 12.5 Å². The van der Waals surface area contributed by atoms with Crippen molar-refractivity contribution in [2.45, 2.75) is 25.9 Å². The first-order valence-electron chi connectivity index (χ1n) is 2.30. The van der Waals surface area contributed by atoms with Gasteiger partial charge in [-0.3, -0.25) is 0 Å². The molecule has 1 fully saturated rings. The molecule has 1 heteroatoms. The van der Waals surface area contributed by atoms with Crippen molar-refractivity contribution in [2.75, 3.05) is 0 Å². The topological polar surface area (TPSA) is 0 Å². The van der Waals surface area contributed by atoms with Crippen molar-refractivity contribution in [1.29, 1.82) is 0 Å².